The highest BCUT2D eigenvalue weighted by atomic mass is 79.9. The van der Waals surface area contributed by atoms with E-state index in [-0.39, 0.29) is 0 Å². The Labute approximate surface area is 309 Å². The predicted molar refractivity (Wildman–Crippen MR) is 213 cm³/mol. The highest BCUT2D eigenvalue weighted by Crippen LogP contribution is 2.27. The first-order chi connectivity index (χ1) is 25.0. The van der Waals surface area contributed by atoms with Gasteiger partial charge in [0.2, 0.25) is 11.9 Å². The number of aryl methyl sites for hydroxylation is 5. The number of benzene rings is 4. The van der Waals surface area contributed by atoms with Crippen LogP contribution >= 0.6 is 15.9 Å². The molecule has 0 spiro atoms. The van der Waals surface area contributed by atoms with Gasteiger partial charge < -0.3 is 22.1 Å². The third-order valence-electron chi connectivity index (χ3n) is 8.30. The van der Waals surface area contributed by atoms with Crippen LogP contribution in [-0.4, -0.2) is 39.0 Å². The van der Waals surface area contributed by atoms with Gasteiger partial charge in [-0.2, -0.15) is 19.9 Å². The second-order valence-corrected chi connectivity index (χ2v) is 13.5. The van der Waals surface area contributed by atoms with Crippen LogP contribution in [0.4, 0.5) is 34.9 Å². The highest BCUT2D eigenvalue weighted by Gasteiger charge is 2.15. The van der Waals surface area contributed by atoms with Crippen LogP contribution in [0.5, 0.6) is 0 Å². The van der Waals surface area contributed by atoms with E-state index in [1.54, 1.807) is 12.1 Å². The minimum absolute atomic E-state index is 0.390. The van der Waals surface area contributed by atoms with E-state index in [1.807, 2.05) is 110 Å². The number of nitrogen functional groups attached to an aromatic ring is 2. The van der Waals surface area contributed by atoms with Gasteiger partial charge in [-0.05, 0) is 94.8 Å². The van der Waals surface area contributed by atoms with Crippen LogP contribution in [0.3, 0.4) is 0 Å². The molecular weight excluding hydrogens is 716 g/mol. The highest BCUT2D eigenvalue weighted by molar-refractivity contribution is 9.10. The summed E-state index contributed by atoms with van der Waals surface area (Å²) in [6, 6.07) is 31.7. The van der Waals surface area contributed by atoms with Crippen LogP contribution in [-0.2, 0) is 0 Å². The molecule has 0 aliphatic rings. The minimum atomic E-state index is 0.390. The Bertz CT molecular complexity index is 2380. The Morgan fingerprint density at radius 3 is 1.38 bits per heavy atom. The summed E-state index contributed by atoms with van der Waals surface area (Å²) in [5.74, 6) is 4.74. The van der Waals surface area contributed by atoms with E-state index in [1.165, 1.54) is 16.7 Å². The molecular formula is C39H37BrN12. The molecule has 0 radical (unpaired) electrons. The number of rotatable bonds is 6. The number of hydrogen-bond acceptors (Lipinski definition) is 10. The first-order valence-electron chi connectivity index (χ1n) is 16.6. The Kier molecular flexibility index (Phi) is 9.26. The van der Waals surface area contributed by atoms with E-state index in [2.05, 4.69) is 75.5 Å². The summed E-state index contributed by atoms with van der Waals surface area (Å²) in [6.45, 7) is 10.1. The van der Waals surface area contributed by atoms with Crippen molar-refractivity contribution in [1.82, 2.24) is 39.0 Å². The summed E-state index contributed by atoms with van der Waals surface area (Å²) >= 11 is 3.52. The van der Waals surface area contributed by atoms with Gasteiger partial charge in [-0.25, -0.2) is 9.97 Å². The van der Waals surface area contributed by atoms with Gasteiger partial charge in [0.1, 0.15) is 34.9 Å². The van der Waals surface area contributed by atoms with Crippen LogP contribution in [0.2, 0.25) is 0 Å². The lowest BCUT2D eigenvalue weighted by Crippen LogP contribution is -2.07. The number of anilines is 6. The minimum Gasteiger partial charge on any atom is -0.383 e. The zero-order chi connectivity index (χ0) is 36.5. The van der Waals surface area contributed by atoms with Gasteiger partial charge in [0.25, 0.3) is 0 Å². The van der Waals surface area contributed by atoms with Gasteiger partial charge in [0.05, 0.1) is 22.1 Å². The molecule has 4 aromatic carbocycles. The summed E-state index contributed by atoms with van der Waals surface area (Å²) in [5, 5.41) is 6.43. The fourth-order valence-electron chi connectivity index (χ4n) is 5.83. The molecule has 0 bridgehead atoms. The van der Waals surface area contributed by atoms with Crippen LogP contribution in [0.15, 0.2) is 102 Å². The lowest BCUT2D eigenvalue weighted by molar-refractivity contribution is 0.947. The molecule has 13 heteroatoms. The van der Waals surface area contributed by atoms with E-state index in [4.69, 9.17) is 11.5 Å². The standard InChI is InChI=1S/C20H20N6.C19H17BrN6/c1-12-4-7-15(8-5-12)23-20-24-18(21)11-19(25-20)26-14(3)22-16-9-6-13(2)10-17(16)26;1-11-3-6-14(7-4-11)23-19-24-17(21)10-18(25-19)26-12(2)22-15-8-5-13(20)9-16(15)26/h4-11H,1-3H3,(H3,21,23,24,25);3-10H,1-2H3,(H3,21,23,24,25). The maximum Gasteiger partial charge on any atom is 0.231 e. The largest absolute Gasteiger partial charge is 0.383 e. The summed E-state index contributed by atoms with van der Waals surface area (Å²) in [6.07, 6.45) is 0. The normalized spacial score (nSPS) is 11.0. The maximum atomic E-state index is 6.04. The topological polar surface area (TPSA) is 163 Å². The smallest absolute Gasteiger partial charge is 0.231 e. The van der Waals surface area contributed by atoms with Crippen molar-refractivity contribution < 1.29 is 0 Å². The number of nitrogens with two attached hydrogens (primary N) is 2. The number of imidazole rings is 2. The first kappa shape index (κ1) is 34.1. The van der Waals surface area contributed by atoms with E-state index >= 15 is 0 Å². The molecule has 6 N–H and O–H groups in total. The third kappa shape index (κ3) is 7.39. The van der Waals surface area contributed by atoms with Gasteiger partial charge in [0.15, 0.2) is 0 Å². The average molecular weight is 754 g/mol. The van der Waals surface area contributed by atoms with E-state index in [0.29, 0.717) is 35.2 Å². The number of halogens is 1. The van der Waals surface area contributed by atoms with Gasteiger partial charge in [-0.15, -0.1) is 0 Å². The van der Waals surface area contributed by atoms with Crippen molar-refractivity contribution in [1.29, 1.82) is 0 Å². The SMILES string of the molecule is Cc1ccc(Nc2nc(N)cc(-n3c(C)nc4ccc(Br)cc43)n2)cc1.Cc1ccc(Nc2nc(N)cc(-n3c(C)nc4ccc(C)cc43)n2)cc1. The summed E-state index contributed by atoms with van der Waals surface area (Å²) in [4.78, 5) is 27.1. The van der Waals surface area contributed by atoms with Crippen LogP contribution in [0.1, 0.15) is 28.3 Å². The van der Waals surface area contributed by atoms with E-state index < -0.39 is 0 Å². The van der Waals surface area contributed by atoms with Crippen molar-refractivity contribution in [2.24, 2.45) is 0 Å². The fourth-order valence-corrected chi connectivity index (χ4v) is 6.18. The molecule has 0 atom stereocenters. The molecule has 0 fully saturated rings. The molecule has 52 heavy (non-hydrogen) atoms. The summed E-state index contributed by atoms with van der Waals surface area (Å²) in [5.41, 5.74) is 21.2. The maximum absolute atomic E-state index is 6.04. The number of nitrogens with zero attached hydrogens (tertiary/aromatic N) is 8. The van der Waals surface area contributed by atoms with Crippen molar-refractivity contribution in [2.75, 3.05) is 22.1 Å². The van der Waals surface area contributed by atoms with Crippen LogP contribution in [0, 0.1) is 34.6 Å². The average Bonchev–Trinajstić information content (AvgIpc) is 3.60. The Balaban J connectivity index is 0.000000162. The predicted octanol–water partition coefficient (Wildman–Crippen LogP) is 8.59. The Hall–Kier alpha value is -6.34. The quantitative estimate of drug-likeness (QED) is 0.129. The number of aromatic nitrogens is 8. The van der Waals surface area contributed by atoms with Crippen LogP contribution in [0.25, 0.3) is 33.7 Å². The number of nitrogens with one attached hydrogen (secondary N) is 2. The molecule has 4 aromatic heterocycles. The second kappa shape index (κ2) is 14.1. The zero-order valence-corrected chi connectivity index (χ0v) is 30.9. The molecule has 0 saturated carbocycles. The third-order valence-corrected chi connectivity index (χ3v) is 8.79. The molecule has 12 nitrogen and oxygen atoms in total. The molecule has 0 aliphatic heterocycles. The van der Waals surface area contributed by atoms with Crippen molar-refractivity contribution >= 4 is 72.9 Å². The molecule has 260 valence electrons. The second-order valence-electron chi connectivity index (χ2n) is 12.5. The van der Waals surface area contributed by atoms with Gasteiger partial charge in [0, 0.05) is 28.0 Å². The Morgan fingerprint density at radius 2 is 0.904 bits per heavy atom. The van der Waals surface area contributed by atoms with Crippen molar-refractivity contribution in [3.63, 3.8) is 0 Å². The monoisotopic (exact) mass is 752 g/mol. The zero-order valence-electron chi connectivity index (χ0n) is 29.3. The summed E-state index contributed by atoms with van der Waals surface area (Å²) in [7, 11) is 0. The van der Waals surface area contributed by atoms with E-state index in [9.17, 15) is 0 Å². The van der Waals surface area contributed by atoms with E-state index in [0.717, 1.165) is 49.6 Å². The van der Waals surface area contributed by atoms with Crippen molar-refractivity contribution in [3.8, 4) is 11.6 Å². The molecule has 0 aliphatic carbocycles. The Morgan fingerprint density at radius 1 is 0.481 bits per heavy atom. The van der Waals surface area contributed by atoms with Gasteiger partial charge >= 0.3 is 0 Å². The van der Waals surface area contributed by atoms with Crippen LogP contribution < -0.4 is 22.1 Å². The lowest BCUT2D eigenvalue weighted by atomic mass is 10.2. The molecule has 0 amide bonds. The van der Waals surface area contributed by atoms with Crippen molar-refractivity contribution in [3.05, 3.63) is 130 Å². The molecule has 4 heterocycles. The summed E-state index contributed by atoms with van der Waals surface area (Å²) < 4.78 is 4.95. The lowest BCUT2D eigenvalue weighted by Gasteiger charge is -2.11. The molecule has 0 unspecified atom stereocenters. The van der Waals surface area contributed by atoms with Gasteiger partial charge in [-0.1, -0.05) is 57.4 Å². The molecule has 8 rings (SSSR count). The number of hydrogen-bond donors (Lipinski definition) is 4. The first-order valence-corrected chi connectivity index (χ1v) is 17.4. The van der Waals surface area contributed by atoms with Crippen molar-refractivity contribution in [2.45, 2.75) is 34.6 Å². The van der Waals surface area contributed by atoms with Gasteiger partial charge in [-0.3, -0.25) is 9.13 Å². The number of fused-ring (bicyclic) bond motifs is 2. The molecule has 0 saturated heterocycles. The fraction of sp³-hybridized carbons (Fsp3) is 0.128. The molecule has 8 aromatic rings.